The van der Waals surface area contributed by atoms with Gasteiger partial charge in [0, 0.05) is 24.7 Å². The largest absolute Gasteiger partial charge is 0.396 e. The van der Waals surface area contributed by atoms with Crippen molar-refractivity contribution in [3.05, 3.63) is 77.7 Å². The average Bonchev–Trinajstić information content (AvgIpc) is 2.65. The second-order valence-electron chi connectivity index (χ2n) is 5.63. The number of pyridine rings is 1. The van der Waals surface area contributed by atoms with Gasteiger partial charge >= 0.3 is 0 Å². The molecular weight excluding hydrogens is 317 g/mol. The lowest BCUT2D eigenvalue weighted by Gasteiger charge is -2.13. The van der Waals surface area contributed by atoms with Gasteiger partial charge < -0.3 is 15.8 Å². The second-order valence-corrected chi connectivity index (χ2v) is 5.63. The molecule has 0 spiro atoms. The monoisotopic (exact) mass is 335 g/mol. The van der Waals surface area contributed by atoms with Gasteiger partial charge in [-0.25, -0.2) is 9.37 Å². The van der Waals surface area contributed by atoms with Gasteiger partial charge in [-0.05, 0) is 34.9 Å². The Morgan fingerprint density at radius 3 is 2.68 bits per heavy atom. The number of nitrogens with one attached hydrogen (secondary N) is 1. The zero-order valence-corrected chi connectivity index (χ0v) is 13.6. The van der Waals surface area contributed by atoms with Crippen LogP contribution in [0.1, 0.15) is 11.1 Å². The minimum Gasteiger partial charge on any atom is -0.396 e. The fourth-order valence-corrected chi connectivity index (χ4v) is 2.71. The minimum atomic E-state index is -0.500. The van der Waals surface area contributed by atoms with E-state index in [2.05, 4.69) is 10.3 Å². The molecule has 0 aliphatic carbocycles. The summed E-state index contributed by atoms with van der Waals surface area (Å²) in [5.74, 6) is 0.155. The van der Waals surface area contributed by atoms with Crippen LogP contribution in [0.25, 0.3) is 11.1 Å². The number of anilines is 2. The molecule has 0 saturated carbocycles. The van der Waals surface area contributed by atoms with Crippen LogP contribution in [0.5, 0.6) is 0 Å². The molecule has 1 heterocycles. The number of hydrogen-bond donors (Lipinski definition) is 2. The Morgan fingerprint density at radius 1 is 1.12 bits per heavy atom. The number of carbonyl (C=O) groups excluding carboxylic acids is 1. The minimum absolute atomic E-state index is 0.0413. The molecule has 0 radical (unpaired) electrons. The van der Waals surface area contributed by atoms with Crippen molar-refractivity contribution in [1.29, 1.82) is 0 Å². The SMILES string of the molecule is Nc1c(F)ccc(CC=O)c1-c1ccnc(NCc2ccccc2)c1. The first-order valence-electron chi connectivity index (χ1n) is 7.93. The number of aldehydes is 1. The van der Waals surface area contributed by atoms with Crippen molar-refractivity contribution in [1.82, 2.24) is 4.98 Å². The number of nitrogens with two attached hydrogens (primary N) is 1. The Morgan fingerprint density at radius 2 is 1.92 bits per heavy atom. The maximum Gasteiger partial charge on any atom is 0.146 e. The summed E-state index contributed by atoms with van der Waals surface area (Å²) in [6.07, 6.45) is 2.60. The van der Waals surface area contributed by atoms with Crippen LogP contribution in [0.4, 0.5) is 15.9 Å². The van der Waals surface area contributed by atoms with Crippen molar-refractivity contribution in [2.45, 2.75) is 13.0 Å². The van der Waals surface area contributed by atoms with Crippen molar-refractivity contribution in [2.75, 3.05) is 11.1 Å². The van der Waals surface area contributed by atoms with E-state index in [0.717, 1.165) is 17.4 Å². The maximum atomic E-state index is 13.9. The summed E-state index contributed by atoms with van der Waals surface area (Å²) in [4.78, 5) is 15.2. The fourth-order valence-electron chi connectivity index (χ4n) is 2.71. The fraction of sp³-hybridized carbons (Fsp3) is 0.100. The molecule has 0 aliphatic heterocycles. The zero-order chi connectivity index (χ0) is 17.6. The summed E-state index contributed by atoms with van der Waals surface area (Å²) in [5, 5.41) is 3.24. The Kier molecular flexibility index (Phi) is 5.04. The molecule has 0 saturated heterocycles. The molecule has 0 fully saturated rings. The van der Waals surface area contributed by atoms with E-state index in [9.17, 15) is 9.18 Å². The number of halogens is 1. The van der Waals surface area contributed by atoms with Crippen LogP contribution in [0.2, 0.25) is 0 Å². The smallest absolute Gasteiger partial charge is 0.146 e. The van der Waals surface area contributed by atoms with Gasteiger partial charge in [0.1, 0.15) is 17.9 Å². The summed E-state index contributed by atoms with van der Waals surface area (Å²) >= 11 is 0. The van der Waals surface area contributed by atoms with Gasteiger partial charge in [-0.2, -0.15) is 0 Å². The second kappa shape index (κ2) is 7.57. The van der Waals surface area contributed by atoms with Crippen molar-refractivity contribution in [2.24, 2.45) is 0 Å². The number of nitrogen functional groups attached to an aromatic ring is 1. The summed E-state index contributed by atoms with van der Waals surface area (Å²) in [6.45, 7) is 0.622. The molecule has 1 aromatic heterocycles. The van der Waals surface area contributed by atoms with Crippen molar-refractivity contribution in [3.63, 3.8) is 0 Å². The molecule has 25 heavy (non-hydrogen) atoms. The predicted octanol–water partition coefficient (Wildman–Crippen LogP) is 3.82. The van der Waals surface area contributed by atoms with E-state index in [1.807, 2.05) is 36.4 Å². The first kappa shape index (κ1) is 16.6. The number of carbonyl (C=O) groups is 1. The lowest BCUT2D eigenvalue weighted by atomic mass is 9.96. The van der Waals surface area contributed by atoms with E-state index in [-0.39, 0.29) is 12.1 Å². The van der Waals surface area contributed by atoms with Gasteiger partial charge in [-0.15, -0.1) is 0 Å². The Hall–Kier alpha value is -3.21. The van der Waals surface area contributed by atoms with E-state index in [0.29, 0.717) is 23.5 Å². The lowest BCUT2D eigenvalue weighted by molar-refractivity contribution is -0.107. The molecule has 3 rings (SSSR count). The molecule has 0 atom stereocenters. The standard InChI is InChI=1S/C20H18FN3O/c21-17-7-6-15(9-11-25)19(20(17)22)16-8-10-23-18(12-16)24-13-14-4-2-1-3-5-14/h1-8,10-12H,9,13,22H2,(H,23,24). The van der Waals surface area contributed by atoms with E-state index in [1.165, 1.54) is 6.07 Å². The molecule has 3 aromatic rings. The number of rotatable bonds is 6. The maximum absolute atomic E-state index is 13.9. The highest BCUT2D eigenvalue weighted by Gasteiger charge is 2.13. The van der Waals surface area contributed by atoms with Gasteiger partial charge in [-0.1, -0.05) is 36.4 Å². The van der Waals surface area contributed by atoms with Crippen molar-refractivity contribution < 1.29 is 9.18 Å². The van der Waals surface area contributed by atoms with Crippen molar-refractivity contribution in [3.8, 4) is 11.1 Å². The number of benzene rings is 2. The van der Waals surface area contributed by atoms with Gasteiger partial charge in [0.25, 0.3) is 0 Å². The van der Waals surface area contributed by atoms with Gasteiger partial charge in [0.2, 0.25) is 0 Å². The molecule has 0 amide bonds. The van der Waals surface area contributed by atoms with Crippen LogP contribution in [0, 0.1) is 5.82 Å². The highest BCUT2D eigenvalue weighted by molar-refractivity contribution is 5.82. The number of nitrogens with zero attached hydrogens (tertiary/aromatic N) is 1. The van der Waals surface area contributed by atoms with Gasteiger partial charge in [0.15, 0.2) is 0 Å². The third-order valence-electron chi connectivity index (χ3n) is 3.95. The molecule has 2 aromatic carbocycles. The quantitative estimate of drug-likeness (QED) is 0.531. The van der Waals surface area contributed by atoms with Crippen LogP contribution in [-0.4, -0.2) is 11.3 Å². The third kappa shape index (κ3) is 3.83. The molecule has 0 unspecified atom stereocenters. The Balaban J connectivity index is 1.91. The molecule has 0 bridgehead atoms. The van der Waals surface area contributed by atoms with E-state index >= 15 is 0 Å². The van der Waals surface area contributed by atoms with Crippen LogP contribution in [-0.2, 0) is 17.8 Å². The molecular formula is C20H18FN3O. The van der Waals surface area contributed by atoms with Crippen LogP contribution < -0.4 is 11.1 Å². The summed E-state index contributed by atoms with van der Waals surface area (Å²) in [5.41, 5.74) is 9.05. The van der Waals surface area contributed by atoms with Crippen molar-refractivity contribution >= 4 is 17.8 Å². The topological polar surface area (TPSA) is 68.0 Å². The van der Waals surface area contributed by atoms with Crippen LogP contribution in [0.15, 0.2) is 60.8 Å². The predicted molar refractivity (Wildman–Crippen MR) is 97.6 cm³/mol. The highest BCUT2D eigenvalue weighted by Crippen LogP contribution is 2.32. The third-order valence-corrected chi connectivity index (χ3v) is 3.95. The Labute approximate surface area is 145 Å². The first-order valence-corrected chi connectivity index (χ1v) is 7.93. The van der Waals surface area contributed by atoms with Crippen LogP contribution >= 0.6 is 0 Å². The number of aromatic nitrogens is 1. The highest BCUT2D eigenvalue weighted by atomic mass is 19.1. The normalized spacial score (nSPS) is 10.4. The van der Waals surface area contributed by atoms with Gasteiger partial charge in [0.05, 0.1) is 5.69 Å². The first-order chi connectivity index (χ1) is 12.2. The zero-order valence-electron chi connectivity index (χ0n) is 13.6. The van der Waals surface area contributed by atoms with Crippen LogP contribution in [0.3, 0.4) is 0 Å². The molecule has 0 aliphatic rings. The Bertz CT molecular complexity index is 881. The van der Waals surface area contributed by atoms with E-state index in [4.69, 9.17) is 5.73 Å². The molecule has 4 nitrogen and oxygen atoms in total. The molecule has 3 N–H and O–H groups in total. The van der Waals surface area contributed by atoms with E-state index < -0.39 is 5.82 Å². The molecule has 5 heteroatoms. The lowest BCUT2D eigenvalue weighted by Crippen LogP contribution is -2.03. The summed E-state index contributed by atoms with van der Waals surface area (Å²) in [6, 6.07) is 16.4. The molecule has 126 valence electrons. The summed E-state index contributed by atoms with van der Waals surface area (Å²) < 4.78 is 13.9. The summed E-state index contributed by atoms with van der Waals surface area (Å²) in [7, 11) is 0. The number of hydrogen-bond acceptors (Lipinski definition) is 4. The van der Waals surface area contributed by atoms with E-state index in [1.54, 1.807) is 18.3 Å². The average molecular weight is 335 g/mol. The van der Waals surface area contributed by atoms with Gasteiger partial charge in [-0.3, -0.25) is 0 Å².